The van der Waals surface area contributed by atoms with E-state index in [9.17, 15) is 13.6 Å². The van der Waals surface area contributed by atoms with Crippen LogP contribution in [0.15, 0.2) is 77.6 Å². The third-order valence-electron chi connectivity index (χ3n) is 3.47. The SMILES string of the molecule is CN=CC=CC(=CC=CNNCCF)C(=O)Nc1ccn(-c2ccc(F)cc2)n1. The molecule has 0 saturated carbocycles. The lowest BCUT2D eigenvalue weighted by atomic mass is 10.2. The summed E-state index contributed by atoms with van der Waals surface area (Å²) in [5.41, 5.74) is 6.33. The van der Waals surface area contributed by atoms with E-state index in [0.29, 0.717) is 17.1 Å². The van der Waals surface area contributed by atoms with Crippen LogP contribution in [0.25, 0.3) is 5.69 Å². The topological polar surface area (TPSA) is 83.3 Å². The highest BCUT2D eigenvalue weighted by Crippen LogP contribution is 2.12. The number of amides is 1. The molecule has 3 N–H and O–H groups in total. The molecule has 0 aliphatic heterocycles. The average Bonchev–Trinajstić information content (AvgIpc) is 3.18. The third-order valence-corrected chi connectivity index (χ3v) is 3.47. The summed E-state index contributed by atoms with van der Waals surface area (Å²) in [7, 11) is 1.62. The number of aliphatic imine (C=N–C) groups is 1. The first-order valence-electron chi connectivity index (χ1n) is 8.77. The first-order chi connectivity index (χ1) is 14.1. The fraction of sp³-hybridized carbons (Fsp3) is 0.150. The molecule has 1 aromatic carbocycles. The molecule has 0 aliphatic rings. The zero-order chi connectivity index (χ0) is 20.9. The highest BCUT2D eigenvalue weighted by atomic mass is 19.1. The van der Waals surface area contributed by atoms with Gasteiger partial charge in [-0.25, -0.2) is 18.9 Å². The van der Waals surface area contributed by atoms with Gasteiger partial charge in [0.2, 0.25) is 0 Å². The van der Waals surface area contributed by atoms with Crippen molar-refractivity contribution in [2.75, 3.05) is 25.6 Å². The minimum atomic E-state index is -0.492. The van der Waals surface area contributed by atoms with Crippen molar-refractivity contribution >= 4 is 17.9 Å². The van der Waals surface area contributed by atoms with Gasteiger partial charge < -0.3 is 10.7 Å². The number of rotatable bonds is 10. The number of aromatic nitrogens is 2. The summed E-state index contributed by atoms with van der Waals surface area (Å²) >= 11 is 0. The van der Waals surface area contributed by atoms with Gasteiger partial charge in [-0.1, -0.05) is 0 Å². The molecule has 2 aromatic rings. The molecule has 9 heteroatoms. The quantitative estimate of drug-likeness (QED) is 0.188. The number of anilines is 1. The number of alkyl halides is 1. The molecule has 1 heterocycles. The molecule has 0 fully saturated rings. The van der Waals surface area contributed by atoms with Gasteiger partial charge in [-0.05, 0) is 48.6 Å². The molecule has 0 aliphatic carbocycles. The van der Waals surface area contributed by atoms with Crippen molar-refractivity contribution in [2.24, 2.45) is 4.99 Å². The van der Waals surface area contributed by atoms with Gasteiger partial charge in [0.05, 0.1) is 5.69 Å². The van der Waals surface area contributed by atoms with Gasteiger partial charge in [0.1, 0.15) is 12.5 Å². The molecule has 0 atom stereocenters. The molecule has 1 aromatic heterocycles. The lowest BCUT2D eigenvalue weighted by Crippen LogP contribution is -2.28. The Morgan fingerprint density at radius 1 is 1.24 bits per heavy atom. The minimum absolute atomic E-state index is 0.172. The van der Waals surface area contributed by atoms with E-state index in [4.69, 9.17) is 0 Å². The van der Waals surface area contributed by atoms with Crippen molar-refractivity contribution in [3.63, 3.8) is 0 Å². The highest BCUT2D eigenvalue weighted by molar-refractivity contribution is 6.05. The number of hydrazine groups is 1. The van der Waals surface area contributed by atoms with E-state index in [2.05, 4.69) is 26.3 Å². The summed E-state index contributed by atoms with van der Waals surface area (Å²) in [5.74, 6) is -0.375. The van der Waals surface area contributed by atoms with E-state index in [1.165, 1.54) is 23.0 Å². The number of hydrogen-bond donors (Lipinski definition) is 3. The van der Waals surface area contributed by atoms with Crippen LogP contribution in [0.2, 0.25) is 0 Å². The zero-order valence-electron chi connectivity index (χ0n) is 15.8. The first kappa shape index (κ1) is 21.7. The summed E-state index contributed by atoms with van der Waals surface area (Å²) in [6.45, 7) is -0.320. The molecule has 29 heavy (non-hydrogen) atoms. The normalized spacial score (nSPS) is 12.3. The Morgan fingerprint density at radius 3 is 2.76 bits per heavy atom. The number of nitrogens with one attached hydrogen (secondary N) is 3. The number of halogens is 2. The Kier molecular flexibility index (Phi) is 8.97. The summed E-state index contributed by atoms with van der Waals surface area (Å²) < 4.78 is 26.6. The number of benzene rings is 1. The van der Waals surface area contributed by atoms with Crippen LogP contribution in [0.1, 0.15) is 0 Å². The number of allylic oxidation sites excluding steroid dienone is 3. The summed E-state index contributed by atoms with van der Waals surface area (Å²) in [6.07, 6.45) is 11.2. The molecule has 152 valence electrons. The average molecular weight is 400 g/mol. The predicted molar refractivity (Wildman–Crippen MR) is 110 cm³/mol. The van der Waals surface area contributed by atoms with Crippen LogP contribution < -0.4 is 16.2 Å². The predicted octanol–water partition coefficient (Wildman–Crippen LogP) is 2.71. The Balaban J connectivity index is 2.07. The smallest absolute Gasteiger partial charge is 0.256 e. The maximum absolute atomic E-state index is 13.0. The van der Waals surface area contributed by atoms with E-state index in [-0.39, 0.29) is 18.3 Å². The van der Waals surface area contributed by atoms with Gasteiger partial charge in [-0.15, -0.1) is 0 Å². The van der Waals surface area contributed by atoms with Gasteiger partial charge in [-0.3, -0.25) is 9.79 Å². The van der Waals surface area contributed by atoms with E-state index >= 15 is 0 Å². The first-order valence-corrected chi connectivity index (χ1v) is 8.77. The van der Waals surface area contributed by atoms with Gasteiger partial charge in [0.15, 0.2) is 5.82 Å². The lowest BCUT2D eigenvalue weighted by Gasteiger charge is -2.03. The van der Waals surface area contributed by atoms with Gasteiger partial charge in [0.25, 0.3) is 5.91 Å². The number of carbonyl (C=O) groups excluding carboxylic acids is 1. The molecule has 2 rings (SSSR count). The van der Waals surface area contributed by atoms with Crippen LogP contribution in [0.4, 0.5) is 14.6 Å². The highest BCUT2D eigenvalue weighted by Gasteiger charge is 2.09. The third kappa shape index (κ3) is 7.51. The fourth-order valence-electron chi connectivity index (χ4n) is 2.13. The maximum atomic E-state index is 13.0. The van der Waals surface area contributed by atoms with Gasteiger partial charge in [-0.2, -0.15) is 5.10 Å². The molecule has 0 saturated heterocycles. The molecule has 7 nitrogen and oxygen atoms in total. The summed E-state index contributed by atoms with van der Waals surface area (Å²) in [4.78, 5) is 16.4. The number of nitrogens with zero attached hydrogens (tertiary/aromatic N) is 3. The summed E-state index contributed by atoms with van der Waals surface area (Å²) in [5, 5.41) is 6.97. The van der Waals surface area contributed by atoms with Gasteiger partial charge in [0, 0.05) is 43.8 Å². The van der Waals surface area contributed by atoms with Crippen LogP contribution in [0.3, 0.4) is 0 Å². The summed E-state index contributed by atoms with van der Waals surface area (Å²) in [6, 6.07) is 7.47. The molecule has 0 unspecified atom stereocenters. The van der Waals surface area contributed by atoms with E-state index in [0.717, 1.165) is 0 Å². The van der Waals surface area contributed by atoms with Crippen molar-refractivity contribution in [2.45, 2.75) is 0 Å². The van der Waals surface area contributed by atoms with Crippen LogP contribution in [-0.4, -0.2) is 42.2 Å². The molecule has 0 radical (unpaired) electrons. The second-order valence-electron chi connectivity index (χ2n) is 5.58. The molecule has 0 spiro atoms. The Morgan fingerprint density at radius 2 is 2.03 bits per heavy atom. The van der Waals surface area contributed by atoms with Gasteiger partial charge >= 0.3 is 0 Å². The van der Waals surface area contributed by atoms with Crippen molar-refractivity contribution in [3.05, 3.63) is 78.4 Å². The van der Waals surface area contributed by atoms with Crippen molar-refractivity contribution in [1.82, 2.24) is 20.6 Å². The number of hydrogen-bond acceptors (Lipinski definition) is 5. The van der Waals surface area contributed by atoms with E-state index in [1.54, 1.807) is 62.0 Å². The van der Waals surface area contributed by atoms with Crippen LogP contribution in [0.5, 0.6) is 0 Å². The standard InChI is InChI=1S/C20H22F2N6O/c1-23-12-2-4-16(5-3-13-24-25-14-11-21)20(29)26-19-10-15-28(27-19)18-8-6-17(22)7-9-18/h2-10,12-13,15,24-25H,11,14H2,1H3,(H,26,27,29). The molecular formula is C20H22F2N6O. The number of carbonyl (C=O) groups is 1. The van der Waals surface area contributed by atoms with Crippen molar-refractivity contribution in [1.29, 1.82) is 0 Å². The Labute approximate surface area is 167 Å². The maximum Gasteiger partial charge on any atom is 0.256 e. The van der Waals surface area contributed by atoms with Crippen LogP contribution in [0, 0.1) is 5.82 Å². The second-order valence-corrected chi connectivity index (χ2v) is 5.58. The van der Waals surface area contributed by atoms with E-state index < -0.39 is 6.67 Å². The van der Waals surface area contributed by atoms with Crippen molar-refractivity contribution in [3.8, 4) is 5.69 Å². The lowest BCUT2D eigenvalue weighted by molar-refractivity contribution is -0.112. The fourth-order valence-corrected chi connectivity index (χ4v) is 2.13. The van der Waals surface area contributed by atoms with Crippen LogP contribution >= 0.6 is 0 Å². The Hall–Kier alpha value is -3.59. The Bertz CT molecular complexity index is 900. The molecule has 0 bridgehead atoms. The van der Waals surface area contributed by atoms with Crippen molar-refractivity contribution < 1.29 is 13.6 Å². The second kappa shape index (κ2) is 12.0. The van der Waals surface area contributed by atoms with E-state index in [1.807, 2.05) is 0 Å². The molecular weight excluding hydrogens is 378 g/mol. The largest absolute Gasteiger partial charge is 0.329 e. The molecule has 1 amide bonds. The zero-order valence-corrected chi connectivity index (χ0v) is 15.8. The minimum Gasteiger partial charge on any atom is -0.329 e. The monoisotopic (exact) mass is 400 g/mol. The van der Waals surface area contributed by atoms with Crippen LogP contribution in [-0.2, 0) is 4.79 Å².